The van der Waals surface area contributed by atoms with E-state index in [4.69, 9.17) is 4.74 Å². The third-order valence-corrected chi connectivity index (χ3v) is 4.65. The van der Waals surface area contributed by atoms with Crippen LogP contribution in [-0.2, 0) is 11.0 Å². The molecule has 0 atom stereocenters. The number of carbonyl (C=O) groups excluding carboxylic acids is 1. The van der Waals surface area contributed by atoms with Crippen LogP contribution in [0.5, 0.6) is 5.88 Å². The first-order chi connectivity index (χ1) is 15.6. The van der Waals surface area contributed by atoms with Crippen LogP contribution in [0, 0.1) is 18.6 Å². The lowest BCUT2D eigenvalue weighted by atomic mass is 10.1. The van der Waals surface area contributed by atoms with Crippen LogP contribution in [0.2, 0.25) is 0 Å². The van der Waals surface area contributed by atoms with E-state index in [1.54, 1.807) is 0 Å². The van der Waals surface area contributed by atoms with Crippen molar-refractivity contribution in [1.82, 2.24) is 14.8 Å². The lowest BCUT2D eigenvalue weighted by molar-refractivity contribution is -0.136. The van der Waals surface area contributed by atoms with Crippen molar-refractivity contribution in [2.75, 3.05) is 11.9 Å². The van der Waals surface area contributed by atoms with Crippen LogP contribution in [0.25, 0.3) is 16.7 Å². The summed E-state index contributed by atoms with van der Waals surface area (Å²) >= 11 is 0. The number of halogens is 5. The lowest BCUT2D eigenvalue weighted by Crippen LogP contribution is -2.21. The van der Waals surface area contributed by atoms with E-state index in [2.05, 4.69) is 15.4 Å². The number of nitrogens with one attached hydrogen (secondary N) is 1. The van der Waals surface area contributed by atoms with Gasteiger partial charge in [0.2, 0.25) is 5.88 Å². The molecule has 0 aliphatic carbocycles. The van der Waals surface area contributed by atoms with Crippen LogP contribution in [-0.4, -0.2) is 27.3 Å². The van der Waals surface area contributed by atoms with Crippen molar-refractivity contribution >= 4 is 22.6 Å². The molecule has 0 aliphatic rings. The molecule has 2 heterocycles. The summed E-state index contributed by atoms with van der Waals surface area (Å²) in [5.41, 5.74) is -1.22. The molecule has 11 heteroatoms. The molecule has 4 rings (SSSR count). The lowest BCUT2D eigenvalue weighted by Gasteiger charge is -2.12. The molecule has 0 saturated carbocycles. The van der Waals surface area contributed by atoms with Crippen LogP contribution in [0.15, 0.2) is 54.6 Å². The number of aryl methyl sites for hydroxylation is 1. The highest BCUT2D eigenvalue weighted by Gasteiger charge is 2.36. The zero-order valence-electron chi connectivity index (χ0n) is 17.0. The maximum Gasteiger partial charge on any atom is 0.417 e. The number of pyridine rings is 1. The van der Waals surface area contributed by atoms with E-state index < -0.39 is 41.8 Å². The molecule has 4 aromatic rings. The normalized spacial score (nSPS) is 11.6. The smallest absolute Gasteiger partial charge is 0.417 e. The summed E-state index contributed by atoms with van der Waals surface area (Å²) in [6, 6.07) is 11.2. The number of hydrogen-bond acceptors (Lipinski definition) is 4. The summed E-state index contributed by atoms with van der Waals surface area (Å²) in [4.78, 5) is 16.2. The highest BCUT2D eigenvalue weighted by atomic mass is 19.4. The van der Waals surface area contributed by atoms with Crippen LogP contribution in [0.1, 0.15) is 11.3 Å². The third-order valence-electron chi connectivity index (χ3n) is 4.65. The fourth-order valence-electron chi connectivity index (χ4n) is 3.24. The summed E-state index contributed by atoms with van der Waals surface area (Å²) < 4.78 is 75.0. The van der Waals surface area contributed by atoms with Crippen molar-refractivity contribution in [2.24, 2.45) is 0 Å². The molecule has 0 bridgehead atoms. The van der Waals surface area contributed by atoms with Crippen molar-refractivity contribution in [3.63, 3.8) is 0 Å². The quantitative estimate of drug-likeness (QED) is 0.422. The Kier molecular flexibility index (Phi) is 5.71. The van der Waals surface area contributed by atoms with Gasteiger partial charge in [0.05, 0.1) is 28.0 Å². The number of fused-ring (bicyclic) bond motifs is 1. The Morgan fingerprint density at radius 2 is 1.85 bits per heavy atom. The fourth-order valence-corrected chi connectivity index (χ4v) is 3.24. The number of benzene rings is 2. The van der Waals surface area contributed by atoms with E-state index in [9.17, 15) is 26.7 Å². The van der Waals surface area contributed by atoms with Gasteiger partial charge in [-0.3, -0.25) is 4.79 Å². The Morgan fingerprint density at radius 3 is 2.55 bits per heavy atom. The molecule has 1 amide bonds. The minimum absolute atomic E-state index is 0.0259. The first-order valence-corrected chi connectivity index (χ1v) is 9.54. The average Bonchev–Trinajstić information content (AvgIpc) is 3.09. The van der Waals surface area contributed by atoms with E-state index in [1.165, 1.54) is 43.3 Å². The van der Waals surface area contributed by atoms with Gasteiger partial charge in [0, 0.05) is 6.07 Å². The number of rotatable bonds is 5. The molecular formula is C22H15F5N4O2. The first kappa shape index (κ1) is 22.2. The van der Waals surface area contributed by atoms with Gasteiger partial charge in [-0.15, -0.1) is 0 Å². The number of para-hydroxylation sites is 1. The Morgan fingerprint density at radius 1 is 1.09 bits per heavy atom. The zero-order chi connectivity index (χ0) is 23.8. The van der Waals surface area contributed by atoms with Gasteiger partial charge in [0.1, 0.15) is 11.6 Å². The van der Waals surface area contributed by atoms with E-state index >= 15 is 0 Å². The minimum atomic E-state index is -4.78. The number of anilines is 1. The van der Waals surface area contributed by atoms with Gasteiger partial charge in [0.25, 0.3) is 5.91 Å². The highest BCUT2D eigenvalue weighted by molar-refractivity contribution is 5.92. The second kappa shape index (κ2) is 8.49. The SMILES string of the molecule is Cc1nn(-c2cccc(F)c2)c2nc(OCC(=O)Nc3ccccc3F)cc(C(F)(F)F)c12. The molecule has 2 aromatic heterocycles. The maximum atomic E-state index is 13.8. The van der Waals surface area contributed by atoms with Gasteiger partial charge in [-0.2, -0.15) is 23.3 Å². The molecule has 0 radical (unpaired) electrons. The molecule has 1 N–H and O–H groups in total. The largest absolute Gasteiger partial charge is 0.467 e. The van der Waals surface area contributed by atoms with Gasteiger partial charge >= 0.3 is 6.18 Å². The summed E-state index contributed by atoms with van der Waals surface area (Å²) in [6.45, 7) is 0.647. The molecule has 6 nitrogen and oxygen atoms in total. The third kappa shape index (κ3) is 4.61. The van der Waals surface area contributed by atoms with Crippen molar-refractivity contribution in [3.8, 4) is 11.6 Å². The fraction of sp³-hybridized carbons (Fsp3) is 0.136. The Hall–Kier alpha value is -4.02. The van der Waals surface area contributed by atoms with Gasteiger partial charge in [-0.25, -0.2) is 13.5 Å². The molecular weight excluding hydrogens is 447 g/mol. The van der Waals surface area contributed by atoms with Crippen molar-refractivity contribution in [2.45, 2.75) is 13.1 Å². The van der Waals surface area contributed by atoms with Gasteiger partial charge in [-0.1, -0.05) is 18.2 Å². The van der Waals surface area contributed by atoms with E-state index in [0.717, 1.165) is 16.8 Å². The van der Waals surface area contributed by atoms with Crippen LogP contribution in [0.3, 0.4) is 0 Å². The van der Waals surface area contributed by atoms with Gasteiger partial charge < -0.3 is 10.1 Å². The predicted molar refractivity (Wildman–Crippen MR) is 109 cm³/mol. The predicted octanol–water partition coefficient (Wildman–Crippen LogP) is 5.04. The molecule has 33 heavy (non-hydrogen) atoms. The second-order valence-electron chi connectivity index (χ2n) is 7.00. The molecule has 2 aromatic carbocycles. The van der Waals surface area contributed by atoms with Gasteiger partial charge in [0.15, 0.2) is 12.3 Å². The van der Waals surface area contributed by atoms with Crippen LogP contribution in [0.4, 0.5) is 27.6 Å². The average molecular weight is 462 g/mol. The first-order valence-electron chi connectivity index (χ1n) is 9.54. The highest BCUT2D eigenvalue weighted by Crippen LogP contribution is 2.38. The molecule has 0 saturated heterocycles. The number of amides is 1. The molecule has 0 spiro atoms. The molecule has 0 fully saturated rings. The number of carbonyl (C=O) groups is 1. The number of alkyl halides is 3. The number of aromatic nitrogens is 3. The summed E-state index contributed by atoms with van der Waals surface area (Å²) in [7, 11) is 0. The Bertz CT molecular complexity index is 1350. The summed E-state index contributed by atoms with van der Waals surface area (Å²) in [5.74, 6) is -2.59. The van der Waals surface area contributed by atoms with Crippen molar-refractivity contribution in [1.29, 1.82) is 0 Å². The van der Waals surface area contributed by atoms with Gasteiger partial charge in [-0.05, 0) is 37.3 Å². The molecule has 170 valence electrons. The molecule has 0 aliphatic heterocycles. The summed E-state index contributed by atoms with van der Waals surface area (Å²) in [5, 5.41) is 6.07. The standard InChI is InChI=1S/C22H15F5N4O2/c1-12-20-15(22(25,26)27)10-19(33-11-18(32)28-17-8-3-2-7-16(17)24)29-21(20)31(30-12)14-6-4-5-13(23)9-14/h2-10H,11H2,1H3,(H,28,32). The monoisotopic (exact) mass is 462 g/mol. The Balaban J connectivity index is 1.70. The second-order valence-corrected chi connectivity index (χ2v) is 7.00. The number of hydrogen-bond donors (Lipinski definition) is 1. The molecule has 0 unspecified atom stereocenters. The van der Waals surface area contributed by atoms with Crippen LogP contribution < -0.4 is 10.1 Å². The van der Waals surface area contributed by atoms with E-state index in [-0.39, 0.29) is 28.1 Å². The van der Waals surface area contributed by atoms with E-state index in [1.807, 2.05) is 0 Å². The summed E-state index contributed by atoms with van der Waals surface area (Å²) in [6.07, 6.45) is -4.78. The maximum absolute atomic E-state index is 13.8. The van der Waals surface area contributed by atoms with Crippen LogP contribution >= 0.6 is 0 Å². The minimum Gasteiger partial charge on any atom is -0.467 e. The Labute approximate surface area is 183 Å². The number of ether oxygens (including phenoxy) is 1. The topological polar surface area (TPSA) is 69.0 Å². The van der Waals surface area contributed by atoms with E-state index in [0.29, 0.717) is 6.07 Å². The zero-order valence-corrected chi connectivity index (χ0v) is 17.0. The van der Waals surface area contributed by atoms with Crippen molar-refractivity contribution < 1.29 is 31.5 Å². The van der Waals surface area contributed by atoms with Crippen molar-refractivity contribution in [3.05, 3.63) is 77.5 Å². The number of nitrogens with zero attached hydrogens (tertiary/aromatic N) is 3.